The Morgan fingerprint density at radius 3 is 2.07 bits per heavy atom. The molecule has 0 unspecified atom stereocenters. The number of nitrogens with one attached hydrogen (secondary N) is 1. The number of carbonyl (C=O) groups excluding carboxylic acids is 2. The van der Waals surface area contributed by atoms with E-state index in [1.807, 2.05) is 27.7 Å². The zero-order chi connectivity index (χ0) is 31.2. The summed E-state index contributed by atoms with van der Waals surface area (Å²) in [7, 11) is -1.47. The maximum Gasteiger partial charge on any atom is 0.264 e. The summed E-state index contributed by atoms with van der Waals surface area (Å²) >= 11 is 0. The Kier molecular flexibility index (Phi) is 10.2. The standard InChI is InChI=1S/C31H38FN3O6S/c1-21-8-14-25(15-9-21)35(42(38,39)26-16-17-27(40-6)28(18-26)41-7)20-29(36)34(19-23-10-12-24(32)13-11-23)22(2)30(37)33-31(3,4)5/h8-18,22H,19-20H2,1-7H3,(H,33,37)/t22-/m1/s1. The van der Waals surface area contributed by atoms with Gasteiger partial charge in [-0.1, -0.05) is 29.8 Å². The number of ether oxygens (including phenoxy) is 2. The van der Waals surface area contributed by atoms with Crippen LogP contribution in [0.2, 0.25) is 0 Å². The van der Waals surface area contributed by atoms with Crippen LogP contribution in [0.25, 0.3) is 0 Å². The number of carbonyl (C=O) groups is 2. The Hall–Kier alpha value is -4.12. The molecule has 0 aliphatic carbocycles. The normalized spacial score (nSPS) is 12.3. The first-order valence-corrected chi connectivity index (χ1v) is 14.8. The molecule has 0 saturated heterocycles. The number of halogens is 1. The van der Waals surface area contributed by atoms with Gasteiger partial charge >= 0.3 is 0 Å². The SMILES string of the molecule is COc1ccc(S(=O)(=O)N(CC(=O)N(Cc2ccc(F)cc2)[C@H](C)C(=O)NC(C)(C)C)c2ccc(C)cc2)cc1OC. The molecule has 1 N–H and O–H groups in total. The van der Waals surface area contributed by atoms with Gasteiger partial charge < -0.3 is 19.7 Å². The minimum atomic E-state index is -4.31. The molecule has 0 bridgehead atoms. The molecule has 0 aliphatic rings. The molecule has 11 heteroatoms. The zero-order valence-electron chi connectivity index (χ0n) is 25.0. The van der Waals surface area contributed by atoms with Gasteiger partial charge in [-0.2, -0.15) is 0 Å². The average Bonchev–Trinajstić information content (AvgIpc) is 2.94. The molecule has 3 aromatic carbocycles. The topological polar surface area (TPSA) is 105 Å². The molecule has 0 spiro atoms. The second-order valence-corrected chi connectivity index (χ2v) is 12.8. The quantitative estimate of drug-likeness (QED) is 0.343. The van der Waals surface area contributed by atoms with E-state index in [2.05, 4.69) is 5.32 Å². The van der Waals surface area contributed by atoms with E-state index in [-0.39, 0.29) is 22.9 Å². The van der Waals surface area contributed by atoms with E-state index in [0.29, 0.717) is 11.3 Å². The van der Waals surface area contributed by atoms with Crippen LogP contribution < -0.4 is 19.1 Å². The summed E-state index contributed by atoms with van der Waals surface area (Å²) < 4.78 is 53.3. The third-order valence-electron chi connectivity index (χ3n) is 6.48. The van der Waals surface area contributed by atoms with Crippen molar-refractivity contribution in [3.8, 4) is 11.5 Å². The van der Waals surface area contributed by atoms with E-state index in [1.165, 1.54) is 61.6 Å². The van der Waals surface area contributed by atoms with Crippen LogP contribution in [0.3, 0.4) is 0 Å². The van der Waals surface area contributed by atoms with Gasteiger partial charge in [0.1, 0.15) is 18.4 Å². The lowest BCUT2D eigenvalue weighted by Gasteiger charge is -2.33. The first-order valence-electron chi connectivity index (χ1n) is 13.3. The van der Waals surface area contributed by atoms with Crippen LogP contribution in [0.4, 0.5) is 10.1 Å². The summed E-state index contributed by atoms with van der Waals surface area (Å²) in [5.41, 5.74) is 1.17. The predicted octanol–water partition coefficient (Wildman–Crippen LogP) is 4.68. The van der Waals surface area contributed by atoms with Crippen molar-refractivity contribution in [3.05, 3.63) is 83.7 Å². The van der Waals surface area contributed by atoms with E-state index in [1.54, 1.807) is 31.2 Å². The summed E-state index contributed by atoms with van der Waals surface area (Å²) in [5.74, 6) is -0.928. The van der Waals surface area contributed by atoms with E-state index in [0.717, 1.165) is 9.87 Å². The van der Waals surface area contributed by atoms with Gasteiger partial charge in [-0.25, -0.2) is 12.8 Å². The van der Waals surface area contributed by atoms with Crippen LogP contribution in [-0.4, -0.2) is 57.5 Å². The minimum Gasteiger partial charge on any atom is -0.493 e. The summed E-state index contributed by atoms with van der Waals surface area (Å²) in [6.07, 6.45) is 0. The number of hydrogen-bond acceptors (Lipinski definition) is 6. The molecule has 0 aliphatic heterocycles. The molecule has 42 heavy (non-hydrogen) atoms. The van der Waals surface area contributed by atoms with Gasteiger partial charge in [0.25, 0.3) is 10.0 Å². The van der Waals surface area contributed by atoms with E-state index >= 15 is 0 Å². The molecular weight excluding hydrogens is 561 g/mol. The highest BCUT2D eigenvalue weighted by molar-refractivity contribution is 7.92. The molecule has 3 aromatic rings. The summed E-state index contributed by atoms with van der Waals surface area (Å²) in [5, 5.41) is 2.87. The summed E-state index contributed by atoms with van der Waals surface area (Å²) in [4.78, 5) is 28.3. The summed E-state index contributed by atoms with van der Waals surface area (Å²) in [6, 6.07) is 15.5. The fourth-order valence-corrected chi connectivity index (χ4v) is 5.62. The third-order valence-corrected chi connectivity index (χ3v) is 8.25. The smallest absolute Gasteiger partial charge is 0.264 e. The molecule has 0 aromatic heterocycles. The highest BCUT2D eigenvalue weighted by Gasteiger charge is 2.33. The van der Waals surface area contributed by atoms with Crippen molar-refractivity contribution in [2.75, 3.05) is 25.1 Å². The van der Waals surface area contributed by atoms with Crippen LogP contribution in [0.15, 0.2) is 71.6 Å². The van der Waals surface area contributed by atoms with Crippen molar-refractivity contribution in [1.29, 1.82) is 0 Å². The largest absolute Gasteiger partial charge is 0.493 e. The van der Waals surface area contributed by atoms with Gasteiger partial charge in [0.05, 0.1) is 24.8 Å². The second kappa shape index (κ2) is 13.2. The zero-order valence-corrected chi connectivity index (χ0v) is 25.8. The fourth-order valence-electron chi connectivity index (χ4n) is 4.19. The van der Waals surface area contributed by atoms with Gasteiger partial charge in [-0.3, -0.25) is 13.9 Å². The molecule has 0 radical (unpaired) electrons. The number of benzene rings is 3. The van der Waals surface area contributed by atoms with Crippen molar-refractivity contribution in [1.82, 2.24) is 10.2 Å². The maximum absolute atomic E-state index is 14.1. The van der Waals surface area contributed by atoms with Gasteiger partial charge in [-0.05, 0) is 76.6 Å². The average molecular weight is 600 g/mol. The van der Waals surface area contributed by atoms with E-state index in [4.69, 9.17) is 9.47 Å². The Morgan fingerprint density at radius 2 is 1.52 bits per heavy atom. The first-order chi connectivity index (χ1) is 19.7. The molecule has 0 fully saturated rings. The van der Waals surface area contributed by atoms with Crippen molar-refractivity contribution in [2.24, 2.45) is 0 Å². The van der Waals surface area contributed by atoms with Gasteiger partial charge in [-0.15, -0.1) is 0 Å². The van der Waals surface area contributed by atoms with Crippen LogP contribution >= 0.6 is 0 Å². The number of aryl methyl sites for hydroxylation is 1. The lowest BCUT2D eigenvalue weighted by Crippen LogP contribution is -2.54. The molecule has 3 rings (SSSR count). The Balaban J connectivity index is 2.07. The minimum absolute atomic E-state index is 0.0456. The highest BCUT2D eigenvalue weighted by atomic mass is 32.2. The molecule has 0 heterocycles. The monoisotopic (exact) mass is 599 g/mol. The Bertz CT molecular complexity index is 1500. The van der Waals surface area contributed by atoms with Crippen LogP contribution in [0, 0.1) is 12.7 Å². The van der Waals surface area contributed by atoms with E-state index in [9.17, 15) is 22.4 Å². The van der Waals surface area contributed by atoms with Crippen LogP contribution in [0.1, 0.15) is 38.8 Å². The second-order valence-electron chi connectivity index (χ2n) is 10.9. The number of methoxy groups -OCH3 is 2. The van der Waals surface area contributed by atoms with Crippen molar-refractivity contribution < 1.29 is 31.9 Å². The van der Waals surface area contributed by atoms with Crippen molar-refractivity contribution in [2.45, 2.75) is 57.6 Å². The maximum atomic E-state index is 14.1. The number of rotatable bonds is 11. The van der Waals surface area contributed by atoms with Crippen LogP contribution in [0.5, 0.6) is 11.5 Å². The lowest BCUT2D eigenvalue weighted by atomic mass is 10.1. The number of amides is 2. The molecular formula is C31H38FN3O6S. The van der Waals surface area contributed by atoms with Gasteiger partial charge in [0.2, 0.25) is 11.8 Å². The molecule has 0 saturated carbocycles. The van der Waals surface area contributed by atoms with E-state index < -0.39 is 45.8 Å². The molecule has 9 nitrogen and oxygen atoms in total. The molecule has 2 amide bonds. The number of nitrogens with zero attached hydrogens (tertiary/aromatic N) is 2. The summed E-state index contributed by atoms with van der Waals surface area (Å²) in [6.45, 7) is 8.24. The lowest BCUT2D eigenvalue weighted by molar-refractivity contribution is -0.140. The molecule has 226 valence electrons. The number of anilines is 1. The fraction of sp³-hybridized carbons (Fsp3) is 0.355. The Morgan fingerprint density at radius 1 is 0.929 bits per heavy atom. The Labute approximate surface area is 247 Å². The van der Waals surface area contributed by atoms with Gasteiger partial charge in [0, 0.05) is 18.2 Å². The molecule has 1 atom stereocenters. The van der Waals surface area contributed by atoms with Crippen molar-refractivity contribution in [3.63, 3.8) is 0 Å². The van der Waals surface area contributed by atoms with Crippen LogP contribution in [-0.2, 0) is 26.2 Å². The van der Waals surface area contributed by atoms with Gasteiger partial charge in [0.15, 0.2) is 11.5 Å². The number of hydrogen-bond donors (Lipinski definition) is 1. The predicted molar refractivity (Wildman–Crippen MR) is 160 cm³/mol. The number of sulfonamides is 1. The third kappa shape index (κ3) is 8.00. The first kappa shape index (κ1) is 32.4. The highest BCUT2D eigenvalue weighted by Crippen LogP contribution is 2.32. The van der Waals surface area contributed by atoms with Crippen molar-refractivity contribution >= 4 is 27.5 Å².